The lowest BCUT2D eigenvalue weighted by Crippen LogP contribution is -2.40. The minimum absolute atomic E-state index is 0.0624. The Bertz CT molecular complexity index is 813. The quantitative estimate of drug-likeness (QED) is 0.582. The van der Waals surface area contributed by atoms with Crippen molar-refractivity contribution in [2.24, 2.45) is 11.3 Å². The molecule has 1 unspecified atom stereocenters. The van der Waals surface area contributed by atoms with Gasteiger partial charge < -0.3 is 9.73 Å². The molecule has 2 heterocycles. The summed E-state index contributed by atoms with van der Waals surface area (Å²) in [6, 6.07) is 9.45. The van der Waals surface area contributed by atoms with Gasteiger partial charge in [-0.1, -0.05) is 39.3 Å². The maximum Gasteiger partial charge on any atom is 0.220 e. The summed E-state index contributed by atoms with van der Waals surface area (Å²) >= 11 is 0. The molecule has 2 aliphatic carbocycles. The lowest BCUT2D eigenvalue weighted by atomic mass is 9.83. The van der Waals surface area contributed by atoms with Gasteiger partial charge in [-0.2, -0.15) is 0 Å². The second kappa shape index (κ2) is 9.77. The first-order valence-electron chi connectivity index (χ1n) is 12.4. The van der Waals surface area contributed by atoms with Crippen molar-refractivity contribution in [3.05, 3.63) is 36.1 Å². The average molecular weight is 425 g/mol. The van der Waals surface area contributed by atoms with Gasteiger partial charge in [0.1, 0.15) is 5.76 Å². The van der Waals surface area contributed by atoms with E-state index < -0.39 is 0 Å². The van der Waals surface area contributed by atoms with Crippen molar-refractivity contribution in [1.82, 2.24) is 10.2 Å². The molecule has 1 saturated heterocycles. The molecule has 4 rings (SSSR count). The van der Waals surface area contributed by atoms with Gasteiger partial charge in [0, 0.05) is 29.6 Å². The number of nitrogens with one attached hydrogen (secondary N) is 1. The first-order valence-corrected chi connectivity index (χ1v) is 12.4. The highest BCUT2D eigenvalue weighted by Crippen LogP contribution is 2.36. The van der Waals surface area contributed by atoms with Gasteiger partial charge in [0.2, 0.25) is 5.91 Å². The van der Waals surface area contributed by atoms with Gasteiger partial charge in [-0.05, 0) is 81.5 Å². The fourth-order valence-electron chi connectivity index (χ4n) is 5.50. The van der Waals surface area contributed by atoms with Gasteiger partial charge in [-0.25, -0.2) is 0 Å². The molecular formula is C27H40N2O2. The Kier molecular flexibility index (Phi) is 7.05. The fraction of sp³-hybridized carbons (Fsp3) is 0.667. The maximum atomic E-state index is 12.3. The van der Waals surface area contributed by atoms with Crippen LogP contribution < -0.4 is 5.32 Å². The van der Waals surface area contributed by atoms with Crippen molar-refractivity contribution in [3.8, 4) is 11.3 Å². The van der Waals surface area contributed by atoms with Gasteiger partial charge in [0.05, 0.1) is 6.26 Å². The lowest BCUT2D eigenvalue weighted by Gasteiger charge is -2.37. The highest BCUT2D eigenvalue weighted by molar-refractivity contribution is 5.76. The largest absolute Gasteiger partial charge is 0.464 e. The van der Waals surface area contributed by atoms with Gasteiger partial charge >= 0.3 is 0 Å². The van der Waals surface area contributed by atoms with Gasteiger partial charge in [-0.3, -0.25) is 9.69 Å². The van der Waals surface area contributed by atoms with E-state index >= 15 is 0 Å². The third-order valence-corrected chi connectivity index (χ3v) is 7.18. The zero-order valence-corrected chi connectivity index (χ0v) is 19.7. The van der Waals surface area contributed by atoms with E-state index in [0.29, 0.717) is 18.5 Å². The average Bonchev–Trinajstić information content (AvgIpc) is 3.20. The Balaban J connectivity index is 1.26. The van der Waals surface area contributed by atoms with E-state index in [1.807, 2.05) is 12.3 Å². The zero-order chi connectivity index (χ0) is 21.8. The lowest BCUT2D eigenvalue weighted by molar-refractivity contribution is -0.123. The molecule has 2 fully saturated rings. The van der Waals surface area contributed by atoms with Crippen molar-refractivity contribution >= 4 is 5.91 Å². The van der Waals surface area contributed by atoms with Crippen LogP contribution in [-0.4, -0.2) is 29.9 Å². The monoisotopic (exact) mass is 424 g/mol. The number of hydrogen-bond acceptors (Lipinski definition) is 3. The number of fused-ring (bicyclic) bond motifs is 1. The van der Waals surface area contributed by atoms with Crippen LogP contribution in [0.3, 0.4) is 0 Å². The predicted octanol–water partition coefficient (Wildman–Crippen LogP) is 6.41. The molecule has 0 spiro atoms. The first kappa shape index (κ1) is 22.4. The molecule has 0 bridgehead atoms. The number of likely N-dealkylation sites (tertiary alicyclic amines) is 1. The Morgan fingerprint density at radius 1 is 1.13 bits per heavy atom. The summed E-state index contributed by atoms with van der Waals surface area (Å²) in [5, 5.41) is 3.28. The fourth-order valence-corrected chi connectivity index (χ4v) is 5.50. The van der Waals surface area contributed by atoms with E-state index in [-0.39, 0.29) is 11.3 Å². The van der Waals surface area contributed by atoms with Crippen molar-refractivity contribution in [2.45, 2.75) is 90.6 Å². The Hall–Kier alpha value is -1.81. The molecule has 4 nitrogen and oxygen atoms in total. The van der Waals surface area contributed by atoms with Crippen molar-refractivity contribution < 1.29 is 9.21 Å². The first-order chi connectivity index (χ1) is 14.9. The second-order valence-electron chi connectivity index (χ2n) is 11.1. The summed E-state index contributed by atoms with van der Waals surface area (Å²) < 4.78 is 5.89. The topological polar surface area (TPSA) is 45.5 Å². The second-order valence-corrected chi connectivity index (χ2v) is 11.1. The molecule has 1 N–H and O–H groups in total. The summed E-state index contributed by atoms with van der Waals surface area (Å²) in [6.45, 7) is 8.76. The minimum Gasteiger partial charge on any atom is -0.464 e. The molecular weight excluding hydrogens is 384 g/mol. The Morgan fingerprint density at radius 3 is 2.71 bits per heavy atom. The highest BCUT2D eigenvalue weighted by Gasteiger charge is 2.28. The normalized spacial score (nSPS) is 25.6. The number of nitrogens with zero attached hydrogens (tertiary/aromatic N) is 1. The van der Waals surface area contributed by atoms with Crippen LogP contribution >= 0.6 is 0 Å². The number of amides is 1. The molecule has 1 amide bonds. The Morgan fingerprint density at radius 2 is 1.94 bits per heavy atom. The maximum absolute atomic E-state index is 12.3. The number of carbonyl (C=O) groups is 1. The summed E-state index contributed by atoms with van der Waals surface area (Å²) in [5.41, 5.74) is 2.62. The summed E-state index contributed by atoms with van der Waals surface area (Å²) in [5.74, 6) is 2.00. The predicted molar refractivity (Wildman–Crippen MR) is 126 cm³/mol. The van der Waals surface area contributed by atoms with E-state index in [4.69, 9.17) is 4.42 Å². The Labute approximate surface area is 188 Å². The number of hydrogen-bond donors (Lipinski definition) is 1. The molecule has 0 radical (unpaired) electrons. The molecule has 4 aliphatic rings. The molecule has 0 aromatic carbocycles. The molecule has 1 atom stereocenters. The molecule has 2 aliphatic heterocycles. The van der Waals surface area contributed by atoms with Gasteiger partial charge in [0.25, 0.3) is 0 Å². The van der Waals surface area contributed by atoms with E-state index in [9.17, 15) is 4.79 Å². The van der Waals surface area contributed by atoms with E-state index in [2.05, 4.69) is 49.2 Å². The molecule has 0 aromatic rings. The standard InChI is InChI=1S/C27H40N2O2/c1-27(2,3)18-26(30)28-23-12-10-20(11-13-23)14-16-29-15-5-4-8-24(29)22-17-21-7-6-9-25(21)31-19-22/h6-7,9,17,19-20,23-24H,4-5,8,10-16,18H2,1-3H3,(H,28,30). The van der Waals surface area contributed by atoms with Crippen LogP contribution in [0, 0.1) is 11.3 Å². The minimum atomic E-state index is 0.0624. The molecule has 4 heteroatoms. The third-order valence-electron chi connectivity index (χ3n) is 7.18. The number of carbonyl (C=O) groups excluding carboxylic acids is 1. The summed E-state index contributed by atoms with van der Waals surface area (Å²) in [7, 11) is 0. The summed E-state index contributed by atoms with van der Waals surface area (Å²) in [6.07, 6.45) is 12.5. The van der Waals surface area contributed by atoms with Crippen LogP contribution in [0.4, 0.5) is 0 Å². The van der Waals surface area contributed by atoms with E-state index in [0.717, 1.165) is 24.5 Å². The SMILES string of the molecule is CC(C)(C)CC(=O)NC1CCC(CCN2CCCCC2c2coc3cccc-3c2)CC1. The van der Waals surface area contributed by atoms with Gasteiger partial charge in [-0.15, -0.1) is 0 Å². The zero-order valence-electron chi connectivity index (χ0n) is 19.7. The van der Waals surface area contributed by atoms with Crippen LogP contribution in [0.1, 0.15) is 90.2 Å². The van der Waals surface area contributed by atoms with Crippen LogP contribution in [0.25, 0.3) is 11.3 Å². The molecule has 1 saturated carbocycles. The van der Waals surface area contributed by atoms with Crippen LogP contribution in [0.5, 0.6) is 0 Å². The molecule has 0 aromatic heterocycles. The van der Waals surface area contributed by atoms with E-state index in [1.165, 1.54) is 62.7 Å². The van der Waals surface area contributed by atoms with Crippen molar-refractivity contribution in [2.75, 3.05) is 13.1 Å². The van der Waals surface area contributed by atoms with Crippen molar-refractivity contribution in [1.29, 1.82) is 0 Å². The van der Waals surface area contributed by atoms with Crippen LogP contribution in [0.2, 0.25) is 0 Å². The van der Waals surface area contributed by atoms with Crippen LogP contribution in [0.15, 0.2) is 34.9 Å². The van der Waals surface area contributed by atoms with E-state index in [1.54, 1.807) is 0 Å². The van der Waals surface area contributed by atoms with Crippen molar-refractivity contribution in [3.63, 3.8) is 0 Å². The number of piperidine rings is 1. The third kappa shape index (κ3) is 6.12. The number of rotatable bonds is 6. The van der Waals surface area contributed by atoms with Crippen LogP contribution in [-0.2, 0) is 4.79 Å². The molecule has 170 valence electrons. The highest BCUT2D eigenvalue weighted by atomic mass is 16.3. The summed E-state index contributed by atoms with van der Waals surface area (Å²) in [4.78, 5) is 14.9. The smallest absolute Gasteiger partial charge is 0.220 e. The van der Waals surface area contributed by atoms with Gasteiger partial charge in [0.15, 0.2) is 0 Å². The molecule has 31 heavy (non-hydrogen) atoms.